The maximum absolute atomic E-state index is 13.7. The second-order valence-electron chi connectivity index (χ2n) is 5.86. The van der Waals surface area contributed by atoms with E-state index in [2.05, 4.69) is 20.4 Å². The Bertz CT molecular complexity index is 1110. The third-order valence-corrected chi connectivity index (χ3v) is 4.02. The molecule has 0 saturated heterocycles. The van der Waals surface area contributed by atoms with Crippen molar-refractivity contribution in [3.05, 3.63) is 90.6 Å². The zero-order chi connectivity index (χ0) is 19.5. The van der Waals surface area contributed by atoms with Crippen molar-refractivity contribution in [3.63, 3.8) is 0 Å². The van der Waals surface area contributed by atoms with Crippen molar-refractivity contribution in [2.75, 3.05) is 5.32 Å². The second-order valence-corrected chi connectivity index (χ2v) is 5.86. The molecular formula is C20H13F2N5O. The highest BCUT2D eigenvalue weighted by molar-refractivity contribution is 6.04. The second kappa shape index (κ2) is 7.36. The van der Waals surface area contributed by atoms with Crippen LogP contribution in [0.2, 0.25) is 0 Å². The lowest BCUT2D eigenvalue weighted by Gasteiger charge is -2.08. The first-order valence-electron chi connectivity index (χ1n) is 8.29. The number of amides is 1. The molecule has 6 nitrogen and oxygen atoms in total. The van der Waals surface area contributed by atoms with Crippen molar-refractivity contribution in [1.82, 2.24) is 19.7 Å². The van der Waals surface area contributed by atoms with Gasteiger partial charge in [0.1, 0.15) is 17.2 Å². The summed E-state index contributed by atoms with van der Waals surface area (Å²) in [6.45, 7) is 0. The summed E-state index contributed by atoms with van der Waals surface area (Å²) in [5, 5.41) is 6.77. The molecule has 2 aromatic carbocycles. The average Bonchev–Trinajstić information content (AvgIpc) is 3.19. The summed E-state index contributed by atoms with van der Waals surface area (Å²) in [4.78, 5) is 20.4. The highest BCUT2D eigenvalue weighted by Gasteiger charge is 2.17. The molecule has 0 aliphatic rings. The van der Waals surface area contributed by atoms with Gasteiger partial charge < -0.3 is 5.32 Å². The van der Waals surface area contributed by atoms with E-state index in [0.29, 0.717) is 11.4 Å². The van der Waals surface area contributed by atoms with Crippen LogP contribution in [-0.2, 0) is 0 Å². The van der Waals surface area contributed by atoms with Crippen LogP contribution in [0.1, 0.15) is 10.4 Å². The van der Waals surface area contributed by atoms with Gasteiger partial charge in [-0.25, -0.2) is 13.5 Å². The number of hydrogen-bond acceptors (Lipinski definition) is 4. The van der Waals surface area contributed by atoms with E-state index in [1.807, 2.05) is 0 Å². The van der Waals surface area contributed by atoms with Gasteiger partial charge in [0.05, 0.1) is 23.8 Å². The fourth-order valence-electron chi connectivity index (χ4n) is 2.65. The maximum atomic E-state index is 13.7. The Balaban J connectivity index is 1.52. The topological polar surface area (TPSA) is 72.7 Å². The van der Waals surface area contributed by atoms with E-state index < -0.39 is 23.1 Å². The molecule has 1 N–H and O–H groups in total. The third kappa shape index (κ3) is 3.48. The van der Waals surface area contributed by atoms with Crippen molar-refractivity contribution >= 4 is 11.6 Å². The number of nitrogens with zero attached hydrogens (tertiary/aromatic N) is 4. The molecule has 0 unspecified atom stereocenters. The molecule has 4 rings (SSSR count). The van der Waals surface area contributed by atoms with Crippen LogP contribution in [0.4, 0.5) is 14.5 Å². The van der Waals surface area contributed by atoms with Gasteiger partial charge in [0.15, 0.2) is 0 Å². The number of aromatic nitrogens is 4. The van der Waals surface area contributed by atoms with Crippen LogP contribution in [0.15, 0.2) is 73.4 Å². The van der Waals surface area contributed by atoms with Crippen molar-refractivity contribution in [2.45, 2.75) is 0 Å². The predicted octanol–water partition coefficient (Wildman–Crippen LogP) is 3.86. The molecule has 2 heterocycles. The van der Waals surface area contributed by atoms with Crippen molar-refractivity contribution in [1.29, 1.82) is 0 Å². The highest BCUT2D eigenvalue weighted by Crippen LogP contribution is 2.19. The minimum Gasteiger partial charge on any atom is -0.322 e. The summed E-state index contributed by atoms with van der Waals surface area (Å²) >= 11 is 0. The van der Waals surface area contributed by atoms with Gasteiger partial charge in [-0.05, 0) is 36.4 Å². The van der Waals surface area contributed by atoms with E-state index in [4.69, 9.17) is 0 Å². The Morgan fingerprint density at radius 3 is 2.39 bits per heavy atom. The number of carbonyl (C=O) groups excluding carboxylic acids is 1. The smallest absolute Gasteiger partial charge is 0.261 e. The zero-order valence-corrected chi connectivity index (χ0v) is 14.4. The number of halogens is 2. The van der Waals surface area contributed by atoms with Crippen molar-refractivity contribution in [2.24, 2.45) is 0 Å². The summed E-state index contributed by atoms with van der Waals surface area (Å²) in [7, 11) is 0. The molecule has 0 saturated carbocycles. The number of benzene rings is 2. The molecule has 0 aliphatic heterocycles. The van der Waals surface area contributed by atoms with E-state index in [-0.39, 0.29) is 0 Å². The largest absolute Gasteiger partial charge is 0.322 e. The molecule has 2 aromatic heterocycles. The standard InChI is InChI=1S/C20H13F2N5O/c21-16-2-1-3-17(22)19(16)20(28)26-14-4-6-15(7-5-14)27-12-13(10-25-27)18-11-23-8-9-24-18/h1-12H,(H,26,28). The molecule has 8 heteroatoms. The third-order valence-electron chi connectivity index (χ3n) is 4.02. The number of hydrogen-bond donors (Lipinski definition) is 1. The van der Waals surface area contributed by atoms with Gasteiger partial charge in [0.25, 0.3) is 5.91 Å². The number of rotatable bonds is 4. The number of carbonyl (C=O) groups is 1. The van der Waals surface area contributed by atoms with Gasteiger partial charge in [-0.2, -0.15) is 5.10 Å². The zero-order valence-electron chi connectivity index (χ0n) is 14.4. The molecular weight excluding hydrogens is 364 g/mol. The summed E-state index contributed by atoms with van der Waals surface area (Å²) in [5.41, 5.74) is 2.03. The molecule has 0 radical (unpaired) electrons. The minimum absolute atomic E-state index is 0.401. The Morgan fingerprint density at radius 1 is 0.964 bits per heavy atom. The molecule has 0 atom stereocenters. The molecule has 28 heavy (non-hydrogen) atoms. The van der Waals surface area contributed by atoms with E-state index in [0.717, 1.165) is 23.4 Å². The normalized spacial score (nSPS) is 10.6. The lowest BCUT2D eigenvalue weighted by atomic mass is 10.1. The maximum Gasteiger partial charge on any atom is 0.261 e. The van der Waals surface area contributed by atoms with E-state index in [1.54, 1.807) is 59.9 Å². The first-order valence-corrected chi connectivity index (χ1v) is 8.29. The van der Waals surface area contributed by atoms with Gasteiger partial charge in [0, 0.05) is 29.8 Å². The summed E-state index contributed by atoms with van der Waals surface area (Å²) in [6, 6.07) is 9.96. The van der Waals surface area contributed by atoms with Crippen LogP contribution in [0.5, 0.6) is 0 Å². The SMILES string of the molecule is O=C(Nc1ccc(-n2cc(-c3cnccn3)cn2)cc1)c1c(F)cccc1F. The molecule has 0 bridgehead atoms. The number of anilines is 1. The monoisotopic (exact) mass is 377 g/mol. The molecule has 1 amide bonds. The quantitative estimate of drug-likeness (QED) is 0.586. The fourth-order valence-corrected chi connectivity index (χ4v) is 2.65. The Morgan fingerprint density at radius 2 is 1.71 bits per heavy atom. The van der Waals surface area contributed by atoms with Gasteiger partial charge in [0.2, 0.25) is 0 Å². The summed E-state index contributed by atoms with van der Waals surface area (Å²) < 4.78 is 29.1. The van der Waals surface area contributed by atoms with E-state index in [9.17, 15) is 13.6 Å². The average molecular weight is 377 g/mol. The van der Waals surface area contributed by atoms with Crippen LogP contribution in [-0.4, -0.2) is 25.7 Å². The van der Waals surface area contributed by atoms with Gasteiger partial charge in [-0.15, -0.1) is 0 Å². The van der Waals surface area contributed by atoms with Crippen molar-refractivity contribution < 1.29 is 13.6 Å². The fraction of sp³-hybridized carbons (Fsp3) is 0. The summed E-state index contributed by atoms with van der Waals surface area (Å²) in [5.74, 6) is -2.68. The Labute approximate surface area is 158 Å². The van der Waals surface area contributed by atoms with Crippen LogP contribution >= 0.6 is 0 Å². The van der Waals surface area contributed by atoms with E-state index in [1.165, 1.54) is 6.07 Å². The van der Waals surface area contributed by atoms with Gasteiger partial charge in [-0.3, -0.25) is 14.8 Å². The molecule has 0 spiro atoms. The highest BCUT2D eigenvalue weighted by atomic mass is 19.1. The lowest BCUT2D eigenvalue weighted by molar-refractivity contribution is 0.101. The predicted molar refractivity (Wildman–Crippen MR) is 98.9 cm³/mol. The van der Waals surface area contributed by atoms with Crippen LogP contribution < -0.4 is 5.32 Å². The molecule has 138 valence electrons. The Kier molecular flexibility index (Phi) is 4.59. The Hall–Kier alpha value is -3.94. The number of nitrogens with one attached hydrogen (secondary N) is 1. The first-order chi connectivity index (χ1) is 13.6. The molecule has 0 fully saturated rings. The first kappa shape index (κ1) is 17.5. The molecule has 0 aliphatic carbocycles. The lowest BCUT2D eigenvalue weighted by Crippen LogP contribution is -2.15. The van der Waals surface area contributed by atoms with Crippen LogP contribution in [0.3, 0.4) is 0 Å². The molecule has 4 aromatic rings. The van der Waals surface area contributed by atoms with Crippen LogP contribution in [0.25, 0.3) is 16.9 Å². The van der Waals surface area contributed by atoms with Crippen molar-refractivity contribution in [3.8, 4) is 16.9 Å². The van der Waals surface area contributed by atoms with Gasteiger partial charge >= 0.3 is 0 Å². The van der Waals surface area contributed by atoms with Gasteiger partial charge in [-0.1, -0.05) is 6.07 Å². The summed E-state index contributed by atoms with van der Waals surface area (Å²) in [6.07, 6.45) is 8.30. The van der Waals surface area contributed by atoms with Crippen LogP contribution in [0, 0.1) is 11.6 Å². The minimum atomic E-state index is -0.915. The van der Waals surface area contributed by atoms with E-state index >= 15 is 0 Å².